The van der Waals surface area contributed by atoms with Crippen LogP contribution < -0.4 is 0 Å². The van der Waals surface area contributed by atoms with Gasteiger partial charge in [0.2, 0.25) is 0 Å². The van der Waals surface area contributed by atoms with Gasteiger partial charge in [-0.1, -0.05) is 13.3 Å². The van der Waals surface area contributed by atoms with Gasteiger partial charge in [-0.25, -0.2) is 0 Å². The Labute approximate surface area is 67.9 Å². The van der Waals surface area contributed by atoms with E-state index >= 15 is 0 Å². The molecule has 0 aromatic heterocycles. The first kappa shape index (κ1) is 11.5. The molecule has 0 rings (SSSR count). The standard InChI is InChI=1S/C6H13O.Mg.2H/c1-3-5-6-7-4-2;;;/h2-6H2,1H3;;;. The average Bonchev–Trinajstić information content (AvgIpc) is 1.69. The quantitative estimate of drug-likeness (QED) is 0.400. The van der Waals surface area contributed by atoms with Crippen LogP contribution in [-0.2, 0) is 4.74 Å². The Bertz CT molecular complexity index is 27.7. The highest BCUT2D eigenvalue weighted by Crippen LogP contribution is 1.85. The first-order valence-corrected chi connectivity index (χ1v) is 2.78. The van der Waals surface area contributed by atoms with E-state index in [9.17, 15) is 0 Å². The highest BCUT2D eigenvalue weighted by atomic mass is 24.3. The Kier molecular flexibility index (Phi) is 15.3. The van der Waals surface area contributed by atoms with Gasteiger partial charge in [-0.3, -0.25) is 0 Å². The molecule has 0 saturated heterocycles. The highest BCUT2D eigenvalue weighted by molar-refractivity contribution is 5.75. The molecule has 0 unspecified atom stereocenters. The molecule has 0 bridgehead atoms. The summed E-state index contributed by atoms with van der Waals surface area (Å²) < 4.78 is 4.96. The summed E-state index contributed by atoms with van der Waals surface area (Å²) in [6.45, 7) is 7.17. The van der Waals surface area contributed by atoms with E-state index in [1.165, 1.54) is 6.42 Å². The van der Waals surface area contributed by atoms with Crippen molar-refractivity contribution in [2.24, 2.45) is 0 Å². The molecule has 0 aliphatic heterocycles. The van der Waals surface area contributed by atoms with Gasteiger partial charge in [0, 0.05) is 13.2 Å². The molecular formula is C6H15MgO. The molecule has 0 aliphatic carbocycles. The van der Waals surface area contributed by atoms with Crippen LogP contribution in [0, 0.1) is 6.92 Å². The van der Waals surface area contributed by atoms with Gasteiger partial charge >= 0.3 is 23.1 Å². The molecule has 47 valence electrons. The summed E-state index contributed by atoms with van der Waals surface area (Å²) >= 11 is 0. The summed E-state index contributed by atoms with van der Waals surface area (Å²) in [7, 11) is 0. The second-order valence-corrected chi connectivity index (χ2v) is 1.47. The smallest absolute Gasteiger partial charge is 0.316 e. The largest absolute Gasteiger partial charge is 0.381 e. The Balaban J connectivity index is 0. The second-order valence-electron chi connectivity index (χ2n) is 1.47. The summed E-state index contributed by atoms with van der Waals surface area (Å²) in [5.41, 5.74) is 0. The summed E-state index contributed by atoms with van der Waals surface area (Å²) in [4.78, 5) is 0. The van der Waals surface area contributed by atoms with Crippen molar-refractivity contribution < 1.29 is 4.74 Å². The molecule has 0 saturated carbocycles. The van der Waals surface area contributed by atoms with Crippen molar-refractivity contribution in [1.82, 2.24) is 0 Å². The van der Waals surface area contributed by atoms with Crippen LogP contribution in [0.15, 0.2) is 0 Å². The van der Waals surface area contributed by atoms with E-state index in [0.717, 1.165) is 13.0 Å². The topological polar surface area (TPSA) is 9.23 Å². The van der Waals surface area contributed by atoms with Crippen LogP contribution >= 0.6 is 0 Å². The summed E-state index contributed by atoms with van der Waals surface area (Å²) in [6, 6.07) is 0. The Morgan fingerprint density at radius 1 is 1.50 bits per heavy atom. The van der Waals surface area contributed by atoms with Gasteiger partial charge in [0.05, 0.1) is 0 Å². The fourth-order valence-electron chi connectivity index (χ4n) is 0.348. The lowest BCUT2D eigenvalue weighted by Crippen LogP contribution is -1.91. The molecule has 0 spiro atoms. The van der Waals surface area contributed by atoms with Gasteiger partial charge in [-0.05, 0) is 13.3 Å². The normalized spacial score (nSPS) is 8.25. The first-order chi connectivity index (χ1) is 3.41. The number of hydrogen-bond donors (Lipinski definition) is 0. The minimum absolute atomic E-state index is 0. The van der Waals surface area contributed by atoms with Crippen LogP contribution in [0.1, 0.15) is 19.8 Å². The first-order valence-electron chi connectivity index (χ1n) is 2.78. The molecule has 1 nitrogen and oxygen atoms in total. The Morgan fingerprint density at radius 2 is 2.12 bits per heavy atom. The third-order valence-corrected chi connectivity index (χ3v) is 0.787. The Morgan fingerprint density at radius 3 is 2.50 bits per heavy atom. The molecule has 0 heterocycles. The number of hydrogen-bond acceptors (Lipinski definition) is 1. The molecule has 0 aromatic carbocycles. The maximum atomic E-state index is 4.96. The van der Waals surface area contributed by atoms with Crippen molar-refractivity contribution in [1.29, 1.82) is 0 Å². The van der Waals surface area contributed by atoms with E-state index in [0.29, 0.717) is 6.61 Å². The molecule has 8 heavy (non-hydrogen) atoms. The summed E-state index contributed by atoms with van der Waals surface area (Å²) in [5.74, 6) is 0. The lowest BCUT2D eigenvalue weighted by molar-refractivity contribution is 0.157. The van der Waals surface area contributed by atoms with Crippen molar-refractivity contribution in [2.45, 2.75) is 19.8 Å². The van der Waals surface area contributed by atoms with Crippen molar-refractivity contribution >= 4 is 23.1 Å². The zero-order valence-corrected chi connectivity index (χ0v) is 4.94. The van der Waals surface area contributed by atoms with E-state index in [-0.39, 0.29) is 23.1 Å². The van der Waals surface area contributed by atoms with E-state index < -0.39 is 0 Å². The van der Waals surface area contributed by atoms with E-state index in [4.69, 9.17) is 4.74 Å². The third kappa shape index (κ3) is 9.87. The molecular weight excluding hydrogens is 112 g/mol. The minimum atomic E-state index is 0. The van der Waals surface area contributed by atoms with Gasteiger partial charge in [0.15, 0.2) is 0 Å². The van der Waals surface area contributed by atoms with Gasteiger partial charge in [-0.15, -0.1) is 0 Å². The predicted octanol–water partition coefficient (Wildman–Crippen LogP) is 0.721. The molecule has 0 aliphatic rings. The summed E-state index contributed by atoms with van der Waals surface area (Å²) in [5, 5.41) is 0. The van der Waals surface area contributed by atoms with Crippen LogP contribution in [0.4, 0.5) is 0 Å². The van der Waals surface area contributed by atoms with Crippen molar-refractivity contribution in [3.63, 3.8) is 0 Å². The maximum absolute atomic E-state index is 4.96. The van der Waals surface area contributed by atoms with Crippen LogP contribution in [0.2, 0.25) is 0 Å². The van der Waals surface area contributed by atoms with Gasteiger partial charge in [-0.2, -0.15) is 0 Å². The van der Waals surface area contributed by atoms with E-state index in [1.807, 2.05) is 0 Å². The summed E-state index contributed by atoms with van der Waals surface area (Å²) in [6.07, 6.45) is 2.37. The van der Waals surface area contributed by atoms with Gasteiger partial charge in [0.25, 0.3) is 0 Å². The highest BCUT2D eigenvalue weighted by Gasteiger charge is 1.78. The zero-order chi connectivity index (χ0) is 5.54. The van der Waals surface area contributed by atoms with Crippen LogP contribution in [0.25, 0.3) is 0 Å². The van der Waals surface area contributed by atoms with Crippen molar-refractivity contribution in [3.05, 3.63) is 6.92 Å². The second kappa shape index (κ2) is 10.7. The molecule has 0 atom stereocenters. The van der Waals surface area contributed by atoms with Crippen LogP contribution in [0.5, 0.6) is 0 Å². The average molecular weight is 127 g/mol. The maximum Gasteiger partial charge on any atom is 0.316 e. The van der Waals surface area contributed by atoms with Crippen molar-refractivity contribution in [2.75, 3.05) is 13.2 Å². The lowest BCUT2D eigenvalue weighted by atomic mass is 10.4. The third-order valence-electron chi connectivity index (χ3n) is 0.787. The SMILES string of the molecule is [CH2]COCCCC.[MgH2]. The molecule has 0 N–H and O–H groups in total. The van der Waals surface area contributed by atoms with E-state index in [1.54, 1.807) is 0 Å². The monoisotopic (exact) mass is 127 g/mol. The molecule has 0 fully saturated rings. The number of ether oxygens (including phenoxy) is 1. The van der Waals surface area contributed by atoms with Gasteiger partial charge < -0.3 is 4.74 Å². The zero-order valence-electron chi connectivity index (χ0n) is 4.94. The molecule has 2 heteroatoms. The minimum Gasteiger partial charge on any atom is -0.381 e. The fourth-order valence-corrected chi connectivity index (χ4v) is 0.348. The fraction of sp³-hybridized carbons (Fsp3) is 0.833. The van der Waals surface area contributed by atoms with Gasteiger partial charge in [0.1, 0.15) is 0 Å². The molecule has 1 radical (unpaired) electrons. The predicted molar refractivity (Wildman–Crippen MR) is 39.6 cm³/mol. The molecule has 0 amide bonds. The number of rotatable bonds is 4. The van der Waals surface area contributed by atoms with Crippen LogP contribution in [0.3, 0.4) is 0 Å². The Hall–Kier alpha value is 0.726. The lowest BCUT2D eigenvalue weighted by Gasteiger charge is -1.94. The van der Waals surface area contributed by atoms with E-state index in [2.05, 4.69) is 13.8 Å². The van der Waals surface area contributed by atoms with Crippen LogP contribution in [-0.4, -0.2) is 36.3 Å². The molecule has 0 aromatic rings. The van der Waals surface area contributed by atoms with Crippen molar-refractivity contribution in [3.8, 4) is 0 Å². The number of unbranched alkanes of at least 4 members (excludes halogenated alkanes) is 1.